The number of imidazole rings is 1. The molecule has 0 amide bonds. The first kappa shape index (κ1) is 14.6. The maximum absolute atomic E-state index is 8.84. The van der Waals surface area contributed by atoms with E-state index in [-0.39, 0.29) is 0 Å². The van der Waals surface area contributed by atoms with Gasteiger partial charge in [0.2, 0.25) is 0 Å². The Morgan fingerprint density at radius 2 is 1.86 bits per heavy atom. The third kappa shape index (κ3) is 2.85. The lowest BCUT2D eigenvalue weighted by atomic mass is 10.1. The molecule has 108 valence electrons. The summed E-state index contributed by atoms with van der Waals surface area (Å²) in [6, 6.07) is 15.1. The molecule has 0 radical (unpaired) electrons. The standard InChI is InChI=1S/C17H11Cl2N3/c18-15-3-1-2-14(16(15)19)17-21-8-9-22(17)11-13-6-4-12(10-20)5-7-13/h1-9H,11H2. The molecular weight excluding hydrogens is 317 g/mol. The summed E-state index contributed by atoms with van der Waals surface area (Å²) in [5.41, 5.74) is 2.52. The first-order chi connectivity index (χ1) is 10.7. The molecule has 0 aliphatic carbocycles. The number of benzene rings is 2. The van der Waals surface area contributed by atoms with E-state index >= 15 is 0 Å². The molecule has 1 heterocycles. The summed E-state index contributed by atoms with van der Waals surface area (Å²) in [6.07, 6.45) is 3.63. The molecule has 0 saturated heterocycles. The van der Waals surface area contributed by atoms with E-state index in [0.29, 0.717) is 22.2 Å². The SMILES string of the molecule is N#Cc1ccc(Cn2ccnc2-c2cccc(Cl)c2Cl)cc1. The van der Waals surface area contributed by atoms with Crippen molar-refractivity contribution < 1.29 is 0 Å². The van der Waals surface area contributed by atoms with E-state index in [2.05, 4.69) is 11.1 Å². The molecule has 0 aliphatic rings. The maximum Gasteiger partial charge on any atom is 0.141 e. The van der Waals surface area contributed by atoms with Crippen molar-refractivity contribution in [2.45, 2.75) is 6.54 Å². The second kappa shape index (κ2) is 6.23. The Hall–Kier alpha value is -2.28. The average molecular weight is 328 g/mol. The van der Waals surface area contributed by atoms with Gasteiger partial charge in [0, 0.05) is 24.5 Å². The van der Waals surface area contributed by atoms with Crippen LogP contribution in [0.5, 0.6) is 0 Å². The fourth-order valence-corrected chi connectivity index (χ4v) is 2.62. The molecule has 22 heavy (non-hydrogen) atoms. The van der Waals surface area contributed by atoms with Crippen molar-refractivity contribution in [2.75, 3.05) is 0 Å². The molecule has 0 unspecified atom stereocenters. The van der Waals surface area contributed by atoms with E-state index in [1.165, 1.54) is 0 Å². The Bertz CT molecular complexity index is 845. The molecular formula is C17H11Cl2N3. The Morgan fingerprint density at radius 1 is 1.09 bits per heavy atom. The van der Waals surface area contributed by atoms with Gasteiger partial charge in [-0.3, -0.25) is 0 Å². The minimum absolute atomic E-state index is 0.497. The zero-order valence-electron chi connectivity index (χ0n) is 11.5. The predicted octanol–water partition coefficient (Wildman–Crippen LogP) is 4.78. The van der Waals surface area contributed by atoms with Crippen LogP contribution in [0, 0.1) is 11.3 Å². The quantitative estimate of drug-likeness (QED) is 0.694. The Morgan fingerprint density at radius 3 is 2.59 bits per heavy atom. The van der Waals surface area contributed by atoms with Crippen molar-refractivity contribution in [2.24, 2.45) is 0 Å². The summed E-state index contributed by atoms with van der Waals surface area (Å²) in [6.45, 7) is 0.643. The molecule has 3 aromatic rings. The van der Waals surface area contributed by atoms with Gasteiger partial charge in [-0.05, 0) is 29.8 Å². The molecule has 0 atom stereocenters. The van der Waals surface area contributed by atoms with Crippen LogP contribution in [0.2, 0.25) is 10.0 Å². The van der Waals surface area contributed by atoms with Crippen molar-refractivity contribution in [1.29, 1.82) is 5.26 Å². The zero-order valence-corrected chi connectivity index (χ0v) is 13.0. The van der Waals surface area contributed by atoms with Gasteiger partial charge in [-0.2, -0.15) is 5.26 Å². The third-order valence-corrected chi connectivity index (χ3v) is 4.16. The summed E-state index contributed by atoms with van der Waals surface area (Å²) in [5, 5.41) is 9.85. The molecule has 0 N–H and O–H groups in total. The minimum atomic E-state index is 0.497. The van der Waals surface area contributed by atoms with Gasteiger partial charge in [0.05, 0.1) is 21.7 Å². The monoisotopic (exact) mass is 327 g/mol. The Kier molecular flexibility index (Phi) is 4.15. The normalized spacial score (nSPS) is 10.4. The highest BCUT2D eigenvalue weighted by molar-refractivity contribution is 6.43. The van der Waals surface area contributed by atoms with E-state index in [1.807, 2.05) is 35.0 Å². The third-order valence-electron chi connectivity index (χ3n) is 3.34. The first-order valence-electron chi connectivity index (χ1n) is 6.63. The van der Waals surface area contributed by atoms with Crippen LogP contribution in [-0.2, 0) is 6.54 Å². The smallest absolute Gasteiger partial charge is 0.141 e. The van der Waals surface area contributed by atoms with Crippen molar-refractivity contribution in [3.63, 3.8) is 0 Å². The van der Waals surface area contributed by atoms with E-state index in [0.717, 1.165) is 17.0 Å². The highest BCUT2D eigenvalue weighted by atomic mass is 35.5. The number of rotatable bonds is 3. The predicted molar refractivity (Wildman–Crippen MR) is 87.9 cm³/mol. The number of hydrogen-bond donors (Lipinski definition) is 0. The minimum Gasteiger partial charge on any atom is -0.327 e. The molecule has 0 fully saturated rings. The number of nitriles is 1. The molecule has 5 heteroatoms. The van der Waals surface area contributed by atoms with E-state index in [1.54, 1.807) is 24.4 Å². The molecule has 0 spiro atoms. The fourth-order valence-electron chi connectivity index (χ4n) is 2.24. The molecule has 0 aliphatic heterocycles. The summed E-state index contributed by atoms with van der Waals surface area (Å²) >= 11 is 12.4. The van der Waals surface area contributed by atoms with Crippen LogP contribution in [0.1, 0.15) is 11.1 Å². The second-order valence-electron chi connectivity index (χ2n) is 4.79. The lowest BCUT2D eigenvalue weighted by Crippen LogP contribution is -2.01. The van der Waals surface area contributed by atoms with Gasteiger partial charge in [0.15, 0.2) is 0 Å². The van der Waals surface area contributed by atoms with Gasteiger partial charge in [0.25, 0.3) is 0 Å². The summed E-state index contributed by atoms with van der Waals surface area (Å²) < 4.78 is 2.00. The van der Waals surface area contributed by atoms with Gasteiger partial charge in [0.1, 0.15) is 5.82 Å². The van der Waals surface area contributed by atoms with Gasteiger partial charge in [-0.25, -0.2) is 4.98 Å². The number of nitrogens with zero attached hydrogens (tertiary/aromatic N) is 3. The number of halogens is 2. The van der Waals surface area contributed by atoms with Gasteiger partial charge >= 0.3 is 0 Å². The topological polar surface area (TPSA) is 41.6 Å². The van der Waals surface area contributed by atoms with Gasteiger partial charge in [-0.1, -0.05) is 41.4 Å². The van der Waals surface area contributed by atoms with Crippen molar-refractivity contribution in [3.8, 4) is 17.5 Å². The summed E-state index contributed by atoms with van der Waals surface area (Å²) in [7, 11) is 0. The second-order valence-corrected chi connectivity index (χ2v) is 5.57. The molecule has 2 aromatic carbocycles. The largest absolute Gasteiger partial charge is 0.327 e. The van der Waals surface area contributed by atoms with Crippen LogP contribution in [0.15, 0.2) is 54.9 Å². The molecule has 3 rings (SSSR count). The lowest BCUT2D eigenvalue weighted by Gasteiger charge is -2.10. The number of aromatic nitrogens is 2. The highest BCUT2D eigenvalue weighted by Gasteiger charge is 2.12. The summed E-state index contributed by atoms with van der Waals surface area (Å²) in [5.74, 6) is 0.761. The fraction of sp³-hybridized carbons (Fsp3) is 0.0588. The van der Waals surface area contributed by atoms with E-state index < -0.39 is 0 Å². The molecule has 0 bridgehead atoms. The van der Waals surface area contributed by atoms with Gasteiger partial charge in [-0.15, -0.1) is 0 Å². The molecule has 3 nitrogen and oxygen atoms in total. The van der Waals surface area contributed by atoms with Crippen LogP contribution < -0.4 is 0 Å². The van der Waals surface area contributed by atoms with Crippen LogP contribution in [0.25, 0.3) is 11.4 Å². The average Bonchev–Trinajstić information content (AvgIpc) is 2.99. The van der Waals surface area contributed by atoms with Crippen LogP contribution >= 0.6 is 23.2 Å². The van der Waals surface area contributed by atoms with E-state index in [9.17, 15) is 0 Å². The lowest BCUT2D eigenvalue weighted by molar-refractivity contribution is 0.807. The van der Waals surface area contributed by atoms with Crippen LogP contribution in [0.4, 0.5) is 0 Å². The maximum atomic E-state index is 8.84. The van der Waals surface area contributed by atoms with Crippen LogP contribution in [0.3, 0.4) is 0 Å². The summed E-state index contributed by atoms with van der Waals surface area (Å²) in [4.78, 5) is 4.39. The first-order valence-corrected chi connectivity index (χ1v) is 7.39. The van der Waals surface area contributed by atoms with Crippen molar-refractivity contribution >= 4 is 23.2 Å². The van der Waals surface area contributed by atoms with E-state index in [4.69, 9.17) is 28.5 Å². The van der Waals surface area contributed by atoms with Crippen molar-refractivity contribution in [3.05, 3.63) is 76.0 Å². The van der Waals surface area contributed by atoms with Gasteiger partial charge < -0.3 is 4.57 Å². The molecule has 1 aromatic heterocycles. The highest BCUT2D eigenvalue weighted by Crippen LogP contribution is 2.32. The van der Waals surface area contributed by atoms with Crippen LogP contribution in [-0.4, -0.2) is 9.55 Å². The Labute approximate surface area is 138 Å². The number of hydrogen-bond acceptors (Lipinski definition) is 2. The van der Waals surface area contributed by atoms with Crippen molar-refractivity contribution in [1.82, 2.24) is 9.55 Å². The molecule has 0 saturated carbocycles. The zero-order chi connectivity index (χ0) is 15.5. The Balaban J connectivity index is 1.95.